The third-order valence-corrected chi connectivity index (χ3v) is 20.7. The molecule has 20 rings (SSSR count). The van der Waals surface area contributed by atoms with E-state index >= 15 is 0 Å². The van der Waals surface area contributed by atoms with Crippen LogP contribution in [0.4, 0.5) is 0 Å². The van der Waals surface area contributed by atoms with E-state index in [2.05, 4.69) is 426 Å². The number of aromatic nitrogens is 5. The van der Waals surface area contributed by atoms with E-state index < -0.39 is 0 Å². The van der Waals surface area contributed by atoms with Gasteiger partial charge in [-0.05, 0) is 230 Å². The molecule has 510 valence electrons. The van der Waals surface area contributed by atoms with Gasteiger partial charge < -0.3 is 22.8 Å². The standard InChI is InChI=1S/5C20H17N/c1-14-8-6-12-17-18-13-7-9-15(2)20(18)21(19(14)17)16-10-4-3-5-11-16;1-14-11-12-19-18(13-14)17-10-6-7-15(2)20(17)21(19)16-8-4-3-5-9-16;1-14-9-11-19-18(12-14)17-10-8-15(2)13-20(17)21(19)16-6-4-3-5-7-16;1-14-8-10-19-17(12-14)18-13-15(2)9-11-20(18)21(19)16-6-4-3-5-7-16;1-14-8-10-17-18-11-9-15(2)13-20(18)21(19(17)12-14)16-6-4-3-5-7-16/h5*3-13H,1-2H3. The molecule has 5 aromatic heterocycles. The summed E-state index contributed by atoms with van der Waals surface area (Å²) < 4.78 is 11.8. The van der Waals surface area contributed by atoms with E-state index in [0.717, 1.165) is 0 Å². The lowest BCUT2D eigenvalue weighted by Crippen LogP contribution is -1.96. The Kier molecular flexibility index (Phi) is 18.0. The molecule has 0 aliphatic heterocycles. The highest BCUT2D eigenvalue weighted by Crippen LogP contribution is 2.40. The second-order valence-electron chi connectivity index (χ2n) is 28.4. The van der Waals surface area contributed by atoms with Gasteiger partial charge in [-0.3, -0.25) is 0 Å². The van der Waals surface area contributed by atoms with Gasteiger partial charge in [0.15, 0.2) is 0 Å². The van der Waals surface area contributed by atoms with Crippen LogP contribution in [0.2, 0.25) is 0 Å². The van der Waals surface area contributed by atoms with E-state index in [9.17, 15) is 0 Å². The van der Waals surface area contributed by atoms with E-state index in [0.29, 0.717) is 0 Å². The van der Waals surface area contributed by atoms with Crippen LogP contribution in [0.3, 0.4) is 0 Å². The summed E-state index contributed by atoms with van der Waals surface area (Å²) in [6, 6.07) is 120. The van der Waals surface area contributed by atoms with Crippen LogP contribution in [-0.2, 0) is 0 Å². The van der Waals surface area contributed by atoms with Crippen molar-refractivity contribution in [3.8, 4) is 28.4 Å². The summed E-state index contributed by atoms with van der Waals surface area (Å²) in [5, 5.41) is 13.3. The molecule has 0 aliphatic rings. The lowest BCUT2D eigenvalue weighted by molar-refractivity contribution is 1.16. The Labute approximate surface area is 615 Å². The first-order valence-corrected chi connectivity index (χ1v) is 36.6. The van der Waals surface area contributed by atoms with Gasteiger partial charge in [0.25, 0.3) is 0 Å². The van der Waals surface area contributed by atoms with Crippen LogP contribution < -0.4 is 0 Å². The topological polar surface area (TPSA) is 24.6 Å². The molecular formula is C100H85N5. The Morgan fingerprint density at radius 2 is 0.362 bits per heavy atom. The highest BCUT2D eigenvalue weighted by atomic mass is 15.0. The summed E-state index contributed by atoms with van der Waals surface area (Å²) in [5.74, 6) is 0. The minimum absolute atomic E-state index is 1.21. The molecule has 0 N–H and O–H groups in total. The Balaban J connectivity index is 0.000000101. The summed E-state index contributed by atoms with van der Waals surface area (Å²) in [5.41, 5.74) is 32.0. The van der Waals surface area contributed by atoms with Crippen molar-refractivity contribution in [3.63, 3.8) is 0 Å². The monoisotopic (exact) mass is 1360 g/mol. The van der Waals surface area contributed by atoms with Gasteiger partial charge in [-0.15, -0.1) is 0 Å². The number of hydrogen-bond acceptors (Lipinski definition) is 0. The predicted molar refractivity (Wildman–Crippen MR) is 451 cm³/mol. The Morgan fingerprint density at radius 1 is 0.143 bits per heavy atom. The van der Waals surface area contributed by atoms with Gasteiger partial charge in [-0.1, -0.05) is 229 Å². The lowest BCUT2D eigenvalue weighted by Gasteiger charge is -2.10. The lowest BCUT2D eigenvalue weighted by atomic mass is 10.1. The fourth-order valence-corrected chi connectivity index (χ4v) is 15.8. The second kappa shape index (κ2) is 28.3. The largest absolute Gasteiger partial charge is 0.309 e. The smallest absolute Gasteiger partial charge is 0.0570 e. The van der Waals surface area contributed by atoms with Gasteiger partial charge in [-0.2, -0.15) is 0 Å². The third-order valence-electron chi connectivity index (χ3n) is 20.7. The zero-order valence-corrected chi connectivity index (χ0v) is 61.5. The van der Waals surface area contributed by atoms with Crippen molar-refractivity contribution in [3.05, 3.63) is 389 Å². The van der Waals surface area contributed by atoms with Crippen LogP contribution in [0.1, 0.15) is 55.6 Å². The molecule has 0 bridgehead atoms. The minimum atomic E-state index is 1.21. The number of aryl methyl sites for hydroxylation is 10. The van der Waals surface area contributed by atoms with Gasteiger partial charge in [-0.25, -0.2) is 0 Å². The van der Waals surface area contributed by atoms with Crippen LogP contribution in [0, 0.1) is 69.2 Å². The molecular weight excluding hydrogens is 1270 g/mol. The van der Waals surface area contributed by atoms with Crippen LogP contribution in [0.15, 0.2) is 334 Å². The van der Waals surface area contributed by atoms with Gasteiger partial charge in [0.2, 0.25) is 0 Å². The molecule has 0 fully saturated rings. The van der Waals surface area contributed by atoms with Crippen molar-refractivity contribution in [2.24, 2.45) is 0 Å². The van der Waals surface area contributed by atoms with Gasteiger partial charge in [0, 0.05) is 82.3 Å². The van der Waals surface area contributed by atoms with E-state index in [4.69, 9.17) is 0 Å². The molecule has 5 heteroatoms. The number of fused-ring (bicyclic) bond motifs is 15. The van der Waals surface area contributed by atoms with Crippen LogP contribution in [0.5, 0.6) is 0 Å². The minimum Gasteiger partial charge on any atom is -0.309 e. The fourth-order valence-electron chi connectivity index (χ4n) is 15.8. The van der Waals surface area contributed by atoms with E-state index in [-0.39, 0.29) is 0 Å². The van der Waals surface area contributed by atoms with E-state index in [1.807, 2.05) is 0 Å². The first-order valence-electron chi connectivity index (χ1n) is 36.6. The summed E-state index contributed by atoms with van der Waals surface area (Å²) in [4.78, 5) is 0. The number of nitrogens with zero attached hydrogens (tertiary/aromatic N) is 5. The number of para-hydroxylation sites is 8. The molecule has 5 heterocycles. The Bertz CT molecular complexity index is 6370. The molecule has 20 aromatic rings. The van der Waals surface area contributed by atoms with Crippen molar-refractivity contribution in [2.75, 3.05) is 0 Å². The van der Waals surface area contributed by atoms with E-state index in [1.54, 1.807) is 0 Å². The van der Waals surface area contributed by atoms with Gasteiger partial charge >= 0.3 is 0 Å². The second-order valence-corrected chi connectivity index (χ2v) is 28.4. The molecule has 0 aliphatic carbocycles. The van der Waals surface area contributed by atoms with Gasteiger partial charge in [0.05, 0.1) is 55.2 Å². The van der Waals surface area contributed by atoms with Crippen molar-refractivity contribution in [1.29, 1.82) is 0 Å². The SMILES string of the molecule is Cc1ccc2c(c1)c1cc(C)ccc1n2-c1ccccc1.Cc1ccc2c(c1)c1ccc(C)cc1n2-c1ccccc1.Cc1ccc2c(c1)c1cccc(C)c1n2-c1ccccc1.Cc1ccc2c3ccc(C)cc3n(-c3ccccc3)c2c1.Cc1cccc2c3cccc(C)c3n(-c3ccccc3)c12. The molecule has 0 amide bonds. The average Bonchev–Trinajstić information content (AvgIpc) is 1.65. The number of hydrogen-bond donors (Lipinski definition) is 0. The van der Waals surface area contributed by atoms with Crippen LogP contribution in [0.25, 0.3) is 137 Å². The first-order chi connectivity index (χ1) is 51.2. The highest BCUT2D eigenvalue weighted by molar-refractivity contribution is 6.14. The maximum atomic E-state index is 2.40. The molecule has 5 nitrogen and oxygen atoms in total. The van der Waals surface area contributed by atoms with Crippen molar-refractivity contribution in [1.82, 2.24) is 22.8 Å². The Hall–Kier alpha value is -12.7. The zero-order valence-electron chi connectivity index (χ0n) is 61.5. The zero-order chi connectivity index (χ0) is 72.0. The molecule has 0 unspecified atom stereocenters. The summed E-state index contributed by atoms with van der Waals surface area (Å²) in [6.07, 6.45) is 0. The van der Waals surface area contributed by atoms with Crippen LogP contribution in [-0.4, -0.2) is 22.8 Å². The quantitative estimate of drug-likeness (QED) is 0.164. The molecule has 15 aromatic carbocycles. The van der Waals surface area contributed by atoms with Crippen LogP contribution >= 0.6 is 0 Å². The molecule has 105 heavy (non-hydrogen) atoms. The summed E-state index contributed by atoms with van der Waals surface area (Å²) >= 11 is 0. The maximum absolute atomic E-state index is 2.40. The average molecular weight is 1360 g/mol. The van der Waals surface area contributed by atoms with Crippen molar-refractivity contribution in [2.45, 2.75) is 69.2 Å². The first kappa shape index (κ1) is 66.8. The van der Waals surface area contributed by atoms with Gasteiger partial charge in [0.1, 0.15) is 0 Å². The third kappa shape index (κ3) is 12.6. The maximum Gasteiger partial charge on any atom is 0.0570 e. The highest BCUT2D eigenvalue weighted by Gasteiger charge is 2.19. The molecule has 0 saturated carbocycles. The van der Waals surface area contributed by atoms with Crippen molar-refractivity contribution < 1.29 is 0 Å². The Morgan fingerprint density at radius 3 is 0.695 bits per heavy atom. The molecule has 0 radical (unpaired) electrons. The molecule has 0 spiro atoms. The van der Waals surface area contributed by atoms with E-state index in [1.165, 1.54) is 193 Å². The fraction of sp³-hybridized carbons (Fsp3) is 0.100. The number of benzene rings is 15. The summed E-state index contributed by atoms with van der Waals surface area (Å²) in [6.45, 7) is 21.6. The normalized spacial score (nSPS) is 11.3. The molecule has 0 saturated heterocycles. The summed E-state index contributed by atoms with van der Waals surface area (Å²) in [7, 11) is 0. The molecule has 0 atom stereocenters. The predicted octanol–water partition coefficient (Wildman–Crippen LogP) is 27.0. The number of rotatable bonds is 5. The van der Waals surface area contributed by atoms with Crippen molar-refractivity contribution >= 4 is 109 Å².